The number of aromatic nitrogens is 2. The molecule has 0 saturated carbocycles. The van der Waals surface area contributed by atoms with Crippen LogP contribution >= 0.6 is 0 Å². The number of benzene rings is 1. The highest BCUT2D eigenvalue weighted by Crippen LogP contribution is 2.38. The van der Waals surface area contributed by atoms with E-state index in [1.54, 1.807) is 13.2 Å². The molecule has 1 saturated heterocycles. The van der Waals surface area contributed by atoms with Crippen molar-refractivity contribution in [1.29, 1.82) is 5.26 Å². The average Bonchev–Trinajstić information content (AvgIpc) is 2.76. The number of nitrogens with one attached hydrogen (secondary N) is 2. The second kappa shape index (κ2) is 10.7. The zero-order chi connectivity index (χ0) is 24.0. The highest BCUT2D eigenvalue weighted by molar-refractivity contribution is 6.02. The Morgan fingerprint density at radius 2 is 2.06 bits per heavy atom. The molecule has 3 rings (SSSR count). The first-order valence-corrected chi connectivity index (χ1v) is 10.7. The van der Waals surface area contributed by atoms with Gasteiger partial charge < -0.3 is 30.1 Å². The molecule has 2 N–H and O–H groups in total. The van der Waals surface area contributed by atoms with Crippen LogP contribution in [0.4, 0.5) is 28.8 Å². The van der Waals surface area contributed by atoms with Gasteiger partial charge in [0.05, 0.1) is 30.4 Å². The fraction of sp³-hybridized carbons (Fsp3) is 0.391. The molecule has 0 aliphatic carbocycles. The van der Waals surface area contributed by atoms with Crippen molar-refractivity contribution in [3.63, 3.8) is 0 Å². The van der Waals surface area contributed by atoms with Crippen LogP contribution in [-0.4, -0.2) is 75.2 Å². The Balaban J connectivity index is 1.97. The minimum absolute atomic E-state index is 0.317. The third-order valence-electron chi connectivity index (χ3n) is 5.35. The van der Waals surface area contributed by atoms with E-state index in [-0.39, 0.29) is 5.91 Å². The molecule has 1 aromatic heterocycles. The van der Waals surface area contributed by atoms with Crippen LogP contribution in [-0.2, 0) is 4.79 Å². The molecule has 0 atom stereocenters. The molecule has 1 fully saturated rings. The summed E-state index contributed by atoms with van der Waals surface area (Å²) in [6, 6.07) is 5.79. The van der Waals surface area contributed by atoms with E-state index in [0.717, 1.165) is 38.3 Å². The minimum Gasteiger partial charge on any atom is -0.494 e. The number of nitrogens with zero attached hydrogens (tertiary/aromatic N) is 6. The highest BCUT2D eigenvalue weighted by Gasteiger charge is 2.21. The quantitative estimate of drug-likeness (QED) is 0.527. The topological polar surface area (TPSA) is 110 Å². The van der Waals surface area contributed by atoms with Crippen LogP contribution in [0.1, 0.15) is 12.0 Å². The van der Waals surface area contributed by atoms with E-state index in [0.29, 0.717) is 34.5 Å². The Labute approximate surface area is 194 Å². The van der Waals surface area contributed by atoms with Crippen LogP contribution in [0, 0.1) is 11.3 Å². The summed E-state index contributed by atoms with van der Waals surface area (Å²) in [5.41, 5.74) is 2.42. The number of amides is 1. The number of ether oxygens (including phenoxy) is 1. The lowest BCUT2D eigenvalue weighted by molar-refractivity contribution is -0.111. The van der Waals surface area contributed by atoms with E-state index in [4.69, 9.17) is 4.74 Å². The van der Waals surface area contributed by atoms with Gasteiger partial charge in [-0.05, 0) is 32.7 Å². The lowest BCUT2D eigenvalue weighted by atomic mass is 10.2. The van der Waals surface area contributed by atoms with Gasteiger partial charge in [-0.25, -0.2) is 4.98 Å². The van der Waals surface area contributed by atoms with E-state index < -0.39 is 0 Å². The molecule has 1 aromatic carbocycles. The monoisotopic (exact) mass is 450 g/mol. The Morgan fingerprint density at radius 1 is 1.30 bits per heavy atom. The van der Waals surface area contributed by atoms with Gasteiger partial charge in [0.2, 0.25) is 11.9 Å². The van der Waals surface area contributed by atoms with Gasteiger partial charge in [0, 0.05) is 39.3 Å². The van der Waals surface area contributed by atoms with E-state index in [9.17, 15) is 10.1 Å². The van der Waals surface area contributed by atoms with E-state index >= 15 is 0 Å². The van der Waals surface area contributed by atoms with Gasteiger partial charge in [-0.3, -0.25) is 4.79 Å². The first-order chi connectivity index (χ1) is 15.9. The molecule has 33 heavy (non-hydrogen) atoms. The van der Waals surface area contributed by atoms with Crippen LogP contribution in [0.25, 0.3) is 0 Å². The number of nitriles is 1. The third-order valence-corrected chi connectivity index (χ3v) is 5.35. The van der Waals surface area contributed by atoms with Crippen molar-refractivity contribution in [2.45, 2.75) is 6.42 Å². The summed E-state index contributed by atoms with van der Waals surface area (Å²) in [5.74, 6) is 1.20. The zero-order valence-electron chi connectivity index (χ0n) is 19.6. The zero-order valence-corrected chi connectivity index (χ0v) is 19.6. The fourth-order valence-electron chi connectivity index (χ4n) is 3.31. The maximum atomic E-state index is 12.1. The summed E-state index contributed by atoms with van der Waals surface area (Å²) in [6.45, 7) is 6.86. The largest absolute Gasteiger partial charge is 0.494 e. The molecule has 0 spiro atoms. The molecule has 1 amide bonds. The Hall–Kier alpha value is -3.84. The highest BCUT2D eigenvalue weighted by atomic mass is 16.5. The first kappa shape index (κ1) is 23.8. The standard InChI is InChI=1S/C23H30N8O2/c1-6-21(32)26-17-12-18(20(33-5)13-19(17)30(4)11-10-29(2)3)27-23-25-15-16(14-24)22(28-23)31-8-7-9-31/h6,12-13,15H,1,7-11H2,2-5H3,(H,26,32)(H,25,27,28). The maximum absolute atomic E-state index is 12.1. The van der Waals surface area contributed by atoms with Crippen molar-refractivity contribution in [2.75, 3.05) is 74.9 Å². The average molecular weight is 451 g/mol. The maximum Gasteiger partial charge on any atom is 0.247 e. The molecular formula is C23H30N8O2. The molecule has 0 radical (unpaired) electrons. The number of carbonyl (C=O) groups is 1. The third kappa shape index (κ3) is 5.70. The van der Waals surface area contributed by atoms with Crippen LogP contribution in [0.3, 0.4) is 0 Å². The van der Waals surface area contributed by atoms with Gasteiger partial charge in [0.25, 0.3) is 0 Å². The fourth-order valence-corrected chi connectivity index (χ4v) is 3.31. The second-order valence-corrected chi connectivity index (χ2v) is 8.00. The molecular weight excluding hydrogens is 420 g/mol. The van der Waals surface area contributed by atoms with Gasteiger partial charge in [0.1, 0.15) is 17.4 Å². The Bertz CT molecular complexity index is 1060. The Morgan fingerprint density at radius 3 is 2.64 bits per heavy atom. The van der Waals surface area contributed by atoms with Crippen molar-refractivity contribution >= 4 is 34.7 Å². The van der Waals surface area contributed by atoms with Crippen molar-refractivity contribution in [3.05, 3.63) is 36.5 Å². The van der Waals surface area contributed by atoms with Crippen LogP contribution < -0.4 is 25.2 Å². The van der Waals surface area contributed by atoms with E-state index in [2.05, 4.69) is 38.1 Å². The summed E-state index contributed by atoms with van der Waals surface area (Å²) in [7, 11) is 7.55. The smallest absolute Gasteiger partial charge is 0.247 e. The normalized spacial score (nSPS) is 12.5. The Kier molecular flexibility index (Phi) is 7.69. The van der Waals surface area contributed by atoms with Crippen LogP contribution in [0.2, 0.25) is 0 Å². The number of likely N-dealkylation sites (N-methyl/N-ethyl adjacent to an activating group) is 2. The number of hydrogen-bond acceptors (Lipinski definition) is 9. The number of rotatable bonds is 10. The summed E-state index contributed by atoms with van der Waals surface area (Å²) < 4.78 is 5.62. The summed E-state index contributed by atoms with van der Waals surface area (Å²) >= 11 is 0. The minimum atomic E-state index is -0.317. The molecule has 10 nitrogen and oxygen atoms in total. The van der Waals surface area contributed by atoms with E-state index in [1.165, 1.54) is 12.3 Å². The molecule has 2 heterocycles. The van der Waals surface area contributed by atoms with E-state index in [1.807, 2.05) is 37.0 Å². The van der Waals surface area contributed by atoms with Crippen LogP contribution in [0.5, 0.6) is 5.75 Å². The van der Waals surface area contributed by atoms with Crippen molar-refractivity contribution < 1.29 is 9.53 Å². The van der Waals surface area contributed by atoms with Gasteiger partial charge in [-0.2, -0.15) is 10.2 Å². The SMILES string of the molecule is C=CC(=O)Nc1cc(Nc2ncc(C#N)c(N3CCC3)n2)c(OC)cc1N(C)CCN(C)C. The molecule has 1 aliphatic heterocycles. The van der Waals surface area contributed by atoms with Gasteiger partial charge in [0.15, 0.2) is 5.82 Å². The molecule has 0 unspecified atom stereocenters. The first-order valence-electron chi connectivity index (χ1n) is 10.7. The number of methoxy groups -OCH3 is 1. The molecule has 0 bridgehead atoms. The summed E-state index contributed by atoms with van der Waals surface area (Å²) in [5, 5.41) is 15.5. The lowest BCUT2D eigenvalue weighted by Gasteiger charge is -2.32. The number of hydrogen-bond donors (Lipinski definition) is 2. The number of carbonyl (C=O) groups excluding carboxylic acids is 1. The molecule has 10 heteroatoms. The molecule has 1 aliphatic rings. The predicted molar refractivity (Wildman–Crippen MR) is 131 cm³/mol. The second-order valence-electron chi connectivity index (χ2n) is 8.00. The van der Waals surface area contributed by atoms with Crippen LogP contribution in [0.15, 0.2) is 31.0 Å². The van der Waals surface area contributed by atoms with Crippen molar-refractivity contribution in [3.8, 4) is 11.8 Å². The number of anilines is 5. The molecule has 174 valence electrons. The lowest BCUT2D eigenvalue weighted by Crippen LogP contribution is -2.38. The van der Waals surface area contributed by atoms with Crippen molar-refractivity contribution in [2.24, 2.45) is 0 Å². The van der Waals surface area contributed by atoms with Gasteiger partial charge >= 0.3 is 0 Å². The summed E-state index contributed by atoms with van der Waals surface area (Å²) in [4.78, 5) is 27.1. The van der Waals surface area contributed by atoms with Gasteiger partial charge in [-0.1, -0.05) is 6.58 Å². The van der Waals surface area contributed by atoms with Gasteiger partial charge in [-0.15, -0.1) is 0 Å². The van der Waals surface area contributed by atoms with Crippen molar-refractivity contribution in [1.82, 2.24) is 14.9 Å². The summed E-state index contributed by atoms with van der Waals surface area (Å²) in [6.07, 6.45) is 3.81. The predicted octanol–water partition coefficient (Wildman–Crippen LogP) is 2.43. The molecule has 2 aromatic rings.